The number of hydrogen-bond acceptors (Lipinski definition) is 3. The topological polar surface area (TPSA) is 52.6 Å². The number of nitrogens with one attached hydrogen (secondary N) is 1. The van der Waals surface area contributed by atoms with Crippen molar-refractivity contribution in [2.24, 2.45) is 0 Å². The first kappa shape index (κ1) is 15.7. The molecular weight excluding hydrogens is 288 g/mol. The van der Waals surface area contributed by atoms with Crippen LogP contribution in [0.3, 0.4) is 0 Å². The van der Waals surface area contributed by atoms with Crippen molar-refractivity contribution in [2.75, 3.05) is 13.1 Å². The lowest BCUT2D eigenvalue weighted by atomic mass is 10.0. The van der Waals surface area contributed by atoms with Crippen LogP contribution in [0, 0.1) is 0 Å². The van der Waals surface area contributed by atoms with Gasteiger partial charge in [0, 0.05) is 32.1 Å². The molecule has 0 bridgehead atoms. The van der Waals surface area contributed by atoms with E-state index in [1.165, 1.54) is 11.1 Å². The average Bonchev–Trinajstić information content (AvgIpc) is 2.78. The minimum absolute atomic E-state index is 0.0645. The van der Waals surface area contributed by atoms with E-state index in [9.17, 15) is 4.79 Å². The van der Waals surface area contributed by atoms with Gasteiger partial charge in [-0.3, -0.25) is 9.69 Å². The summed E-state index contributed by atoms with van der Waals surface area (Å²) in [5.41, 5.74) is 3.29. The van der Waals surface area contributed by atoms with Gasteiger partial charge < -0.3 is 10.4 Å². The first-order valence-electron chi connectivity index (χ1n) is 8.00. The van der Waals surface area contributed by atoms with Gasteiger partial charge in [0.15, 0.2) is 0 Å². The molecule has 0 aliphatic carbocycles. The number of aliphatic hydroxyl groups is 1. The maximum absolute atomic E-state index is 12.0. The predicted octanol–water partition coefficient (Wildman–Crippen LogP) is 2.24. The number of rotatable bonds is 4. The van der Waals surface area contributed by atoms with Crippen LogP contribution in [0.1, 0.15) is 29.2 Å². The summed E-state index contributed by atoms with van der Waals surface area (Å²) in [6.45, 7) is 2.36. The van der Waals surface area contributed by atoms with E-state index >= 15 is 0 Å². The largest absolute Gasteiger partial charge is 0.392 e. The summed E-state index contributed by atoms with van der Waals surface area (Å²) in [6, 6.07) is 18.3. The molecule has 1 aliphatic rings. The highest BCUT2D eigenvalue weighted by molar-refractivity contribution is 5.77. The van der Waals surface area contributed by atoms with Crippen molar-refractivity contribution < 1.29 is 9.90 Å². The molecule has 4 heteroatoms. The summed E-state index contributed by atoms with van der Waals surface area (Å²) in [5, 5.41) is 12.1. The smallest absolute Gasteiger partial charge is 0.221 e. The third kappa shape index (κ3) is 3.97. The van der Waals surface area contributed by atoms with Crippen molar-refractivity contribution in [3.8, 4) is 0 Å². The Kier molecular flexibility index (Phi) is 5.05. The van der Waals surface area contributed by atoms with E-state index in [0.717, 1.165) is 18.7 Å². The summed E-state index contributed by atoms with van der Waals surface area (Å²) in [7, 11) is 0. The van der Waals surface area contributed by atoms with Gasteiger partial charge in [0.1, 0.15) is 0 Å². The van der Waals surface area contributed by atoms with Crippen molar-refractivity contribution in [3.63, 3.8) is 0 Å². The molecule has 1 amide bonds. The van der Waals surface area contributed by atoms with Gasteiger partial charge in [-0.15, -0.1) is 0 Å². The lowest BCUT2D eigenvalue weighted by Gasteiger charge is -2.29. The zero-order valence-corrected chi connectivity index (χ0v) is 13.1. The molecule has 120 valence electrons. The Labute approximate surface area is 136 Å². The van der Waals surface area contributed by atoms with E-state index in [-0.39, 0.29) is 18.6 Å². The van der Waals surface area contributed by atoms with Crippen molar-refractivity contribution in [3.05, 3.63) is 71.3 Å². The fourth-order valence-electron chi connectivity index (χ4n) is 3.05. The molecule has 0 aromatic heterocycles. The fourth-order valence-corrected chi connectivity index (χ4v) is 3.05. The molecule has 1 unspecified atom stereocenters. The first-order chi connectivity index (χ1) is 11.3. The molecule has 1 fully saturated rings. The third-order valence-electron chi connectivity index (χ3n) is 4.32. The maximum Gasteiger partial charge on any atom is 0.221 e. The van der Waals surface area contributed by atoms with Gasteiger partial charge in [0.05, 0.1) is 6.61 Å². The molecular formula is C19H22N2O2. The molecule has 1 saturated heterocycles. The minimum atomic E-state index is 0.0645. The number of amides is 1. The van der Waals surface area contributed by atoms with Crippen LogP contribution in [0.2, 0.25) is 0 Å². The van der Waals surface area contributed by atoms with Gasteiger partial charge in [-0.2, -0.15) is 0 Å². The third-order valence-corrected chi connectivity index (χ3v) is 4.32. The molecule has 1 heterocycles. The quantitative estimate of drug-likeness (QED) is 0.910. The zero-order chi connectivity index (χ0) is 16.1. The van der Waals surface area contributed by atoms with Gasteiger partial charge in [-0.1, -0.05) is 54.6 Å². The number of nitrogens with zero attached hydrogens (tertiary/aromatic N) is 1. The highest BCUT2D eigenvalue weighted by atomic mass is 16.3. The molecule has 0 radical (unpaired) electrons. The second-order valence-corrected chi connectivity index (χ2v) is 5.93. The van der Waals surface area contributed by atoms with Gasteiger partial charge in [0.25, 0.3) is 0 Å². The van der Waals surface area contributed by atoms with Gasteiger partial charge >= 0.3 is 0 Å². The lowest BCUT2D eigenvalue weighted by molar-refractivity contribution is -0.121. The Balaban J connectivity index is 1.82. The Morgan fingerprint density at radius 2 is 1.74 bits per heavy atom. The summed E-state index contributed by atoms with van der Waals surface area (Å²) in [4.78, 5) is 14.3. The molecule has 0 spiro atoms. The van der Waals surface area contributed by atoms with E-state index in [0.29, 0.717) is 13.0 Å². The van der Waals surface area contributed by atoms with Crippen molar-refractivity contribution in [1.82, 2.24) is 10.2 Å². The highest BCUT2D eigenvalue weighted by Crippen LogP contribution is 2.27. The maximum atomic E-state index is 12.0. The Morgan fingerprint density at radius 3 is 2.43 bits per heavy atom. The van der Waals surface area contributed by atoms with Crippen LogP contribution in [-0.4, -0.2) is 29.0 Å². The Bertz CT molecular complexity index is 640. The molecule has 3 rings (SSSR count). The van der Waals surface area contributed by atoms with E-state index < -0.39 is 0 Å². The highest BCUT2D eigenvalue weighted by Gasteiger charge is 2.26. The first-order valence-corrected chi connectivity index (χ1v) is 8.00. The number of carbonyl (C=O) groups excluding carboxylic acids is 1. The molecule has 2 aromatic carbocycles. The number of benzene rings is 2. The van der Waals surface area contributed by atoms with Crippen LogP contribution in [0.5, 0.6) is 0 Å². The summed E-state index contributed by atoms with van der Waals surface area (Å²) in [6.07, 6.45) is 0.485. The Morgan fingerprint density at radius 1 is 1.04 bits per heavy atom. The second-order valence-electron chi connectivity index (χ2n) is 5.93. The predicted molar refractivity (Wildman–Crippen MR) is 89.6 cm³/mol. The number of aliphatic hydroxyl groups excluding tert-OH is 1. The van der Waals surface area contributed by atoms with Crippen molar-refractivity contribution in [1.29, 1.82) is 0 Å². The zero-order valence-electron chi connectivity index (χ0n) is 13.1. The van der Waals surface area contributed by atoms with Crippen LogP contribution in [-0.2, 0) is 17.9 Å². The van der Waals surface area contributed by atoms with Crippen molar-refractivity contribution >= 4 is 5.91 Å². The van der Waals surface area contributed by atoms with Crippen LogP contribution < -0.4 is 5.32 Å². The molecule has 1 aliphatic heterocycles. The van der Waals surface area contributed by atoms with E-state index in [2.05, 4.69) is 22.3 Å². The van der Waals surface area contributed by atoms with Crippen molar-refractivity contribution in [2.45, 2.75) is 25.6 Å². The monoisotopic (exact) mass is 310 g/mol. The summed E-state index contributed by atoms with van der Waals surface area (Å²) < 4.78 is 0. The summed E-state index contributed by atoms with van der Waals surface area (Å²) in [5.74, 6) is 0.108. The van der Waals surface area contributed by atoms with E-state index in [1.54, 1.807) is 0 Å². The normalized spacial score (nSPS) is 19.2. The van der Waals surface area contributed by atoms with Crippen LogP contribution >= 0.6 is 0 Å². The van der Waals surface area contributed by atoms with Gasteiger partial charge in [-0.25, -0.2) is 0 Å². The SMILES string of the molecule is O=C1CC(c2ccccc2)N(Cc2ccc(CO)cc2)CCN1. The average molecular weight is 310 g/mol. The number of hydrogen-bond donors (Lipinski definition) is 2. The number of carbonyl (C=O) groups is 1. The molecule has 4 nitrogen and oxygen atoms in total. The van der Waals surface area contributed by atoms with Crippen LogP contribution in [0.25, 0.3) is 0 Å². The summed E-state index contributed by atoms with van der Waals surface area (Å²) >= 11 is 0. The molecule has 2 aromatic rings. The second kappa shape index (κ2) is 7.40. The molecule has 23 heavy (non-hydrogen) atoms. The van der Waals surface area contributed by atoms with Gasteiger partial charge in [-0.05, 0) is 16.7 Å². The minimum Gasteiger partial charge on any atom is -0.392 e. The van der Waals surface area contributed by atoms with Crippen LogP contribution in [0.15, 0.2) is 54.6 Å². The molecule has 2 N–H and O–H groups in total. The van der Waals surface area contributed by atoms with E-state index in [4.69, 9.17) is 5.11 Å². The van der Waals surface area contributed by atoms with Gasteiger partial charge in [0.2, 0.25) is 5.91 Å². The van der Waals surface area contributed by atoms with E-state index in [1.807, 2.05) is 42.5 Å². The Hall–Kier alpha value is -2.17. The molecule has 0 saturated carbocycles. The molecule has 1 atom stereocenters. The lowest BCUT2D eigenvalue weighted by Crippen LogP contribution is -2.30. The fraction of sp³-hybridized carbons (Fsp3) is 0.316. The van der Waals surface area contributed by atoms with Crippen LogP contribution in [0.4, 0.5) is 0 Å². The standard InChI is InChI=1S/C19H22N2O2/c22-14-16-8-6-15(7-9-16)13-21-11-10-20-19(23)12-18(21)17-4-2-1-3-5-17/h1-9,18,22H,10-14H2,(H,20,23).